The summed E-state index contributed by atoms with van der Waals surface area (Å²) in [4.78, 5) is 0.371. The molecule has 21 heavy (non-hydrogen) atoms. The Labute approximate surface area is 128 Å². The summed E-state index contributed by atoms with van der Waals surface area (Å²) in [7, 11) is -3.42. The van der Waals surface area contributed by atoms with Gasteiger partial charge in [-0.15, -0.1) is 0 Å². The molecule has 1 atom stereocenters. The number of hydrogen-bond acceptors (Lipinski definition) is 3. The third-order valence-corrected chi connectivity index (χ3v) is 6.48. The van der Waals surface area contributed by atoms with Gasteiger partial charge in [0.05, 0.1) is 4.90 Å². The van der Waals surface area contributed by atoms with Gasteiger partial charge < -0.3 is 5.73 Å². The molecule has 0 bridgehead atoms. The van der Waals surface area contributed by atoms with Crippen LogP contribution in [0.3, 0.4) is 0 Å². The Morgan fingerprint density at radius 1 is 1.24 bits per heavy atom. The number of nitrogens with two attached hydrogens (primary N) is 1. The summed E-state index contributed by atoms with van der Waals surface area (Å²) in [5.74, 6) is 1.24. The van der Waals surface area contributed by atoms with Crippen LogP contribution in [-0.2, 0) is 16.6 Å². The topological polar surface area (TPSA) is 63.4 Å². The number of rotatable bonds is 4. The van der Waals surface area contributed by atoms with Gasteiger partial charge in [-0.25, -0.2) is 8.42 Å². The van der Waals surface area contributed by atoms with Gasteiger partial charge in [0.2, 0.25) is 10.0 Å². The Bertz CT molecular complexity index is 569. The van der Waals surface area contributed by atoms with Crippen LogP contribution in [0.2, 0.25) is 0 Å². The van der Waals surface area contributed by atoms with Crippen molar-refractivity contribution in [2.45, 2.75) is 44.6 Å². The van der Waals surface area contributed by atoms with E-state index in [1.165, 1.54) is 0 Å². The summed E-state index contributed by atoms with van der Waals surface area (Å²) in [6.45, 7) is 5.92. The van der Waals surface area contributed by atoms with Crippen molar-refractivity contribution < 1.29 is 8.42 Å². The van der Waals surface area contributed by atoms with E-state index in [0.29, 0.717) is 35.4 Å². The van der Waals surface area contributed by atoms with Crippen molar-refractivity contribution in [3.63, 3.8) is 0 Å². The smallest absolute Gasteiger partial charge is 0.243 e. The molecule has 0 saturated carbocycles. The monoisotopic (exact) mass is 310 g/mol. The first-order chi connectivity index (χ1) is 9.96. The molecule has 2 N–H and O–H groups in total. The van der Waals surface area contributed by atoms with Crippen molar-refractivity contribution in [1.29, 1.82) is 0 Å². The molecule has 1 aliphatic heterocycles. The van der Waals surface area contributed by atoms with Crippen LogP contribution < -0.4 is 5.73 Å². The van der Waals surface area contributed by atoms with Crippen LogP contribution in [0.4, 0.5) is 0 Å². The number of hydrogen-bond donors (Lipinski definition) is 1. The summed E-state index contributed by atoms with van der Waals surface area (Å²) in [6, 6.07) is 7.06. The highest BCUT2D eigenvalue weighted by molar-refractivity contribution is 7.89. The maximum Gasteiger partial charge on any atom is 0.243 e. The second kappa shape index (κ2) is 6.90. The summed E-state index contributed by atoms with van der Waals surface area (Å²) in [5, 5.41) is 0. The summed E-state index contributed by atoms with van der Waals surface area (Å²) >= 11 is 0. The van der Waals surface area contributed by atoms with Crippen molar-refractivity contribution >= 4 is 10.0 Å². The summed E-state index contributed by atoms with van der Waals surface area (Å²) in [6.07, 6.45) is 3.00. The van der Waals surface area contributed by atoms with Crippen LogP contribution in [0.1, 0.15) is 38.7 Å². The SMILES string of the molecule is CC(C)C1CCCN(S(=O)(=O)c2ccccc2CN)CC1. The summed E-state index contributed by atoms with van der Waals surface area (Å²) < 4.78 is 27.4. The zero-order chi connectivity index (χ0) is 15.5. The Kier molecular flexibility index (Phi) is 5.41. The minimum Gasteiger partial charge on any atom is -0.326 e. The van der Waals surface area contributed by atoms with Gasteiger partial charge in [-0.1, -0.05) is 32.0 Å². The standard InChI is InChI=1S/C16H26N2O2S/c1-13(2)14-7-5-10-18(11-9-14)21(19,20)16-8-4-3-6-15(16)12-17/h3-4,6,8,13-14H,5,7,9-12,17H2,1-2H3. The Morgan fingerprint density at radius 2 is 1.95 bits per heavy atom. The zero-order valence-corrected chi connectivity index (χ0v) is 13.8. The molecule has 4 nitrogen and oxygen atoms in total. The van der Waals surface area contributed by atoms with Crippen molar-refractivity contribution in [2.75, 3.05) is 13.1 Å². The lowest BCUT2D eigenvalue weighted by molar-refractivity contribution is 0.340. The Hall–Kier alpha value is -0.910. The first kappa shape index (κ1) is 16.5. The maximum atomic E-state index is 12.9. The minimum atomic E-state index is -3.42. The highest BCUT2D eigenvalue weighted by atomic mass is 32.2. The van der Waals surface area contributed by atoms with Crippen molar-refractivity contribution in [3.8, 4) is 0 Å². The van der Waals surface area contributed by atoms with Crippen LogP contribution in [0.25, 0.3) is 0 Å². The zero-order valence-electron chi connectivity index (χ0n) is 13.0. The molecule has 1 aromatic rings. The third kappa shape index (κ3) is 3.65. The van der Waals surface area contributed by atoms with Gasteiger partial charge in [0.15, 0.2) is 0 Å². The fraction of sp³-hybridized carbons (Fsp3) is 0.625. The normalized spacial score (nSPS) is 21.4. The molecule has 0 aromatic heterocycles. The fourth-order valence-electron chi connectivity index (χ4n) is 3.07. The molecule has 5 heteroatoms. The second-order valence-electron chi connectivity index (χ2n) is 6.15. The average molecular weight is 310 g/mol. The predicted octanol–water partition coefficient (Wildman–Crippen LogP) is 2.59. The van der Waals surface area contributed by atoms with E-state index in [4.69, 9.17) is 5.73 Å². The second-order valence-corrected chi connectivity index (χ2v) is 8.06. The van der Waals surface area contributed by atoms with E-state index in [-0.39, 0.29) is 6.54 Å². The van der Waals surface area contributed by atoms with Gasteiger partial charge in [-0.05, 0) is 42.7 Å². The first-order valence-electron chi connectivity index (χ1n) is 7.75. The lowest BCUT2D eigenvalue weighted by Gasteiger charge is -2.22. The van der Waals surface area contributed by atoms with E-state index >= 15 is 0 Å². The summed E-state index contributed by atoms with van der Waals surface area (Å²) in [5.41, 5.74) is 6.38. The molecule has 0 aliphatic carbocycles. The largest absolute Gasteiger partial charge is 0.326 e. The van der Waals surface area contributed by atoms with Crippen molar-refractivity contribution in [3.05, 3.63) is 29.8 Å². The minimum absolute atomic E-state index is 0.248. The van der Waals surface area contributed by atoms with Gasteiger partial charge in [0.25, 0.3) is 0 Å². The highest BCUT2D eigenvalue weighted by Crippen LogP contribution is 2.28. The average Bonchev–Trinajstić information content (AvgIpc) is 2.73. The molecular formula is C16H26N2O2S. The molecular weight excluding hydrogens is 284 g/mol. The predicted molar refractivity (Wildman–Crippen MR) is 85.3 cm³/mol. The molecule has 1 aromatic carbocycles. The van der Waals surface area contributed by atoms with Gasteiger partial charge in [-0.3, -0.25) is 0 Å². The van der Waals surface area contributed by atoms with Gasteiger partial charge in [0.1, 0.15) is 0 Å². The van der Waals surface area contributed by atoms with E-state index in [1.807, 2.05) is 6.07 Å². The molecule has 0 radical (unpaired) electrons. The molecule has 0 amide bonds. The molecule has 1 heterocycles. The molecule has 0 spiro atoms. The number of nitrogens with zero attached hydrogens (tertiary/aromatic N) is 1. The van der Waals surface area contributed by atoms with E-state index in [1.54, 1.807) is 22.5 Å². The first-order valence-corrected chi connectivity index (χ1v) is 9.19. The fourth-order valence-corrected chi connectivity index (χ4v) is 4.79. The van der Waals surface area contributed by atoms with Gasteiger partial charge >= 0.3 is 0 Å². The van der Waals surface area contributed by atoms with Crippen LogP contribution in [0, 0.1) is 11.8 Å². The van der Waals surface area contributed by atoms with Crippen LogP contribution >= 0.6 is 0 Å². The van der Waals surface area contributed by atoms with E-state index in [9.17, 15) is 8.42 Å². The highest BCUT2D eigenvalue weighted by Gasteiger charge is 2.29. The molecule has 1 saturated heterocycles. The van der Waals surface area contributed by atoms with Crippen molar-refractivity contribution in [1.82, 2.24) is 4.31 Å². The molecule has 1 unspecified atom stereocenters. The van der Waals surface area contributed by atoms with E-state index in [2.05, 4.69) is 13.8 Å². The lowest BCUT2D eigenvalue weighted by atomic mass is 9.89. The Morgan fingerprint density at radius 3 is 2.62 bits per heavy atom. The van der Waals surface area contributed by atoms with Crippen LogP contribution in [0.15, 0.2) is 29.2 Å². The van der Waals surface area contributed by atoms with Crippen molar-refractivity contribution in [2.24, 2.45) is 17.6 Å². The van der Waals surface area contributed by atoms with Crippen LogP contribution in [-0.4, -0.2) is 25.8 Å². The molecule has 118 valence electrons. The van der Waals surface area contributed by atoms with E-state index < -0.39 is 10.0 Å². The maximum absolute atomic E-state index is 12.9. The molecule has 1 aliphatic rings. The van der Waals surface area contributed by atoms with E-state index in [0.717, 1.165) is 19.3 Å². The lowest BCUT2D eigenvalue weighted by Crippen LogP contribution is -2.33. The molecule has 2 rings (SSSR count). The Balaban J connectivity index is 2.23. The quantitative estimate of drug-likeness (QED) is 0.929. The number of sulfonamides is 1. The number of benzene rings is 1. The van der Waals surface area contributed by atoms with Gasteiger partial charge in [-0.2, -0.15) is 4.31 Å². The molecule has 1 fully saturated rings. The van der Waals surface area contributed by atoms with Crippen LogP contribution in [0.5, 0.6) is 0 Å². The van der Waals surface area contributed by atoms with Gasteiger partial charge in [0, 0.05) is 19.6 Å². The third-order valence-electron chi connectivity index (χ3n) is 4.48.